The van der Waals surface area contributed by atoms with Crippen LogP contribution in [0.1, 0.15) is 20.8 Å². The molecule has 0 spiro atoms. The zero-order valence-electron chi connectivity index (χ0n) is 7.96. The fourth-order valence-electron chi connectivity index (χ4n) is 0.476. The minimum atomic E-state index is -0.477. The average molecular weight is 173 g/mol. The second-order valence-corrected chi connectivity index (χ2v) is 3.47. The van der Waals surface area contributed by atoms with Crippen LogP contribution in [0, 0.1) is 0 Å². The molecule has 0 aliphatic heterocycles. The molecule has 12 heavy (non-hydrogen) atoms. The van der Waals surface area contributed by atoms with E-state index < -0.39 is 6.09 Å². The molecule has 0 aliphatic carbocycles. The zero-order valence-corrected chi connectivity index (χ0v) is 7.96. The van der Waals surface area contributed by atoms with Gasteiger partial charge >= 0.3 is 6.09 Å². The van der Waals surface area contributed by atoms with E-state index in [1.807, 2.05) is 20.8 Å². The Bertz CT molecular complexity index is 172. The van der Waals surface area contributed by atoms with Gasteiger partial charge < -0.3 is 9.64 Å². The van der Waals surface area contributed by atoms with Crippen molar-refractivity contribution in [3.63, 3.8) is 0 Å². The Morgan fingerprint density at radius 3 is 2.33 bits per heavy atom. The third-order valence-corrected chi connectivity index (χ3v) is 1.55. The number of aldehydes is 1. The largest absolute Gasteiger partial charge is 0.442 e. The predicted octanol–water partition coefficient (Wildman–Crippen LogP) is 1.05. The van der Waals surface area contributed by atoms with Crippen molar-refractivity contribution >= 4 is 12.4 Å². The van der Waals surface area contributed by atoms with Crippen molar-refractivity contribution in [2.45, 2.75) is 26.3 Å². The second-order valence-electron chi connectivity index (χ2n) is 3.47. The molecule has 0 aromatic carbocycles. The SMILES string of the molecule is CN(C(=O)OCC=O)C(C)(C)C. The second kappa shape index (κ2) is 4.09. The van der Waals surface area contributed by atoms with E-state index in [9.17, 15) is 9.59 Å². The fraction of sp³-hybridized carbons (Fsp3) is 0.750. The van der Waals surface area contributed by atoms with E-state index in [1.54, 1.807) is 7.05 Å². The molecule has 0 heterocycles. The highest BCUT2D eigenvalue weighted by molar-refractivity contribution is 5.70. The summed E-state index contributed by atoms with van der Waals surface area (Å²) in [7, 11) is 1.63. The van der Waals surface area contributed by atoms with Crippen molar-refractivity contribution in [2.24, 2.45) is 0 Å². The van der Waals surface area contributed by atoms with Crippen molar-refractivity contribution in [3.05, 3.63) is 0 Å². The van der Waals surface area contributed by atoms with Crippen molar-refractivity contribution in [3.8, 4) is 0 Å². The summed E-state index contributed by atoms with van der Waals surface area (Å²) in [6.07, 6.45) is 0.0728. The number of amides is 1. The molecular formula is C8H15NO3. The van der Waals surface area contributed by atoms with Gasteiger partial charge in [0.05, 0.1) is 0 Å². The van der Waals surface area contributed by atoms with Crippen molar-refractivity contribution in [1.29, 1.82) is 0 Å². The number of carbonyl (C=O) groups excluding carboxylic acids is 2. The highest BCUT2D eigenvalue weighted by atomic mass is 16.6. The van der Waals surface area contributed by atoms with Gasteiger partial charge in [0, 0.05) is 12.6 Å². The zero-order chi connectivity index (χ0) is 9.78. The third-order valence-electron chi connectivity index (χ3n) is 1.55. The molecule has 0 unspecified atom stereocenters. The molecule has 0 saturated heterocycles. The van der Waals surface area contributed by atoms with Crippen LogP contribution in [0.15, 0.2) is 0 Å². The number of carbonyl (C=O) groups is 2. The Morgan fingerprint density at radius 2 is 2.00 bits per heavy atom. The van der Waals surface area contributed by atoms with Gasteiger partial charge in [0.2, 0.25) is 0 Å². The number of hydrogen-bond acceptors (Lipinski definition) is 3. The Balaban J connectivity index is 4.02. The Labute approximate surface area is 72.5 Å². The highest BCUT2D eigenvalue weighted by Gasteiger charge is 2.22. The van der Waals surface area contributed by atoms with Crippen molar-refractivity contribution in [2.75, 3.05) is 13.7 Å². The summed E-state index contributed by atoms with van der Waals surface area (Å²) in [6.45, 7) is 5.47. The van der Waals surface area contributed by atoms with Gasteiger partial charge in [-0.05, 0) is 20.8 Å². The van der Waals surface area contributed by atoms with Crippen LogP contribution >= 0.6 is 0 Å². The van der Waals surface area contributed by atoms with Crippen LogP contribution in [-0.2, 0) is 9.53 Å². The molecule has 0 N–H and O–H groups in total. The lowest BCUT2D eigenvalue weighted by Gasteiger charge is -2.30. The fourth-order valence-corrected chi connectivity index (χ4v) is 0.476. The molecule has 0 aromatic heterocycles. The number of hydrogen-bond donors (Lipinski definition) is 0. The minimum absolute atomic E-state index is 0.181. The van der Waals surface area contributed by atoms with Gasteiger partial charge in [-0.3, -0.25) is 4.79 Å². The van der Waals surface area contributed by atoms with Crippen LogP contribution in [0.4, 0.5) is 4.79 Å². The van der Waals surface area contributed by atoms with E-state index in [4.69, 9.17) is 0 Å². The molecule has 0 atom stereocenters. The molecule has 4 heteroatoms. The van der Waals surface area contributed by atoms with Crippen LogP contribution in [0.3, 0.4) is 0 Å². The first-order valence-electron chi connectivity index (χ1n) is 3.74. The normalized spacial score (nSPS) is 10.7. The molecule has 4 nitrogen and oxygen atoms in total. The molecule has 0 fully saturated rings. The quantitative estimate of drug-likeness (QED) is 0.586. The topological polar surface area (TPSA) is 46.6 Å². The van der Waals surface area contributed by atoms with Crippen LogP contribution in [0.2, 0.25) is 0 Å². The van der Waals surface area contributed by atoms with E-state index in [2.05, 4.69) is 4.74 Å². The molecular weight excluding hydrogens is 158 g/mol. The van der Waals surface area contributed by atoms with E-state index >= 15 is 0 Å². The smallest absolute Gasteiger partial charge is 0.410 e. The van der Waals surface area contributed by atoms with Gasteiger partial charge in [0.1, 0.15) is 6.61 Å². The summed E-state index contributed by atoms with van der Waals surface area (Å²) in [5, 5.41) is 0. The summed E-state index contributed by atoms with van der Waals surface area (Å²) in [5.41, 5.74) is -0.278. The summed E-state index contributed by atoms with van der Waals surface area (Å²) >= 11 is 0. The lowest BCUT2D eigenvalue weighted by molar-refractivity contribution is -0.110. The maximum atomic E-state index is 11.1. The first kappa shape index (κ1) is 10.9. The van der Waals surface area contributed by atoms with E-state index in [1.165, 1.54) is 4.90 Å². The molecule has 0 bridgehead atoms. The molecule has 0 aromatic rings. The third kappa shape index (κ3) is 3.37. The Kier molecular flexibility index (Phi) is 3.73. The van der Waals surface area contributed by atoms with Crippen LogP contribution < -0.4 is 0 Å². The van der Waals surface area contributed by atoms with Gasteiger partial charge in [-0.2, -0.15) is 0 Å². The summed E-state index contributed by atoms with van der Waals surface area (Å²) in [5.74, 6) is 0. The average Bonchev–Trinajstić information content (AvgIpc) is 1.97. The van der Waals surface area contributed by atoms with Gasteiger partial charge in [-0.15, -0.1) is 0 Å². The summed E-state index contributed by atoms with van der Waals surface area (Å²) < 4.78 is 4.60. The first-order valence-corrected chi connectivity index (χ1v) is 3.74. The van der Waals surface area contributed by atoms with Gasteiger partial charge in [0.15, 0.2) is 6.29 Å². The van der Waals surface area contributed by atoms with E-state index in [0.29, 0.717) is 6.29 Å². The Morgan fingerprint density at radius 1 is 1.50 bits per heavy atom. The number of ether oxygens (including phenoxy) is 1. The lowest BCUT2D eigenvalue weighted by atomic mass is 10.1. The molecule has 70 valence electrons. The van der Waals surface area contributed by atoms with Crippen LogP contribution in [-0.4, -0.2) is 36.5 Å². The molecule has 0 aliphatic rings. The highest BCUT2D eigenvalue weighted by Crippen LogP contribution is 2.11. The standard InChI is InChI=1S/C8H15NO3/c1-8(2,3)9(4)7(11)12-6-5-10/h5H,6H2,1-4H3. The number of nitrogens with zero attached hydrogens (tertiary/aromatic N) is 1. The molecule has 0 saturated carbocycles. The maximum absolute atomic E-state index is 11.1. The first-order chi connectivity index (χ1) is 5.39. The van der Waals surface area contributed by atoms with Crippen molar-refractivity contribution in [1.82, 2.24) is 4.90 Å². The lowest BCUT2D eigenvalue weighted by Crippen LogP contribution is -2.42. The maximum Gasteiger partial charge on any atom is 0.410 e. The predicted molar refractivity (Wildman–Crippen MR) is 44.9 cm³/mol. The monoisotopic (exact) mass is 173 g/mol. The van der Waals surface area contributed by atoms with Gasteiger partial charge in [-0.25, -0.2) is 4.79 Å². The summed E-state index contributed by atoms with van der Waals surface area (Å²) in [6, 6.07) is 0. The molecule has 0 radical (unpaired) electrons. The molecule has 0 rings (SSSR count). The summed E-state index contributed by atoms with van der Waals surface area (Å²) in [4.78, 5) is 22.4. The van der Waals surface area contributed by atoms with Crippen LogP contribution in [0.25, 0.3) is 0 Å². The van der Waals surface area contributed by atoms with E-state index in [0.717, 1.165) is 0 Å². The van der Waals surface area contributed by atoms with Gasteiger partial charge in [0.25, 0.3) is 0 Å². The minimum Gasteiger partial charge on any atom is -0.442 e. The number of rotatable bonds is 2. The molecule has 1 amide bonds. The van der Waals surface area contributed by atoms with E-state index in [-0.39, 0.29) is 12.1 Å². The van der Waals surface area contributed by atoms with Crippen molar-refractivity contribution < 1.29 is 14.3 Å². The Hall–Kier alpha value is -1.06. The van der Waals surface area contributed by atoms with Crippen LogP contribution in [0.5, 0.6) is 0 Å². The van der Waals surface area contributed by atoms with Gasteiger partial charge in [-0.1, -0.05) is 0 Å².